The molecule has 2 atom stereocenters. The van der Waals surface area contributed by atoms with E-state index in [1.54, 1.807) is 32.2 Å². The van der Waals surface area contributed by atoms with Crippen molar-refractivity contribution in [1.29, 1.82) is 0 Å². The van der Waals surface area contributed by atoms with E-state index in [-0.39, 0.29) is 11.8 Å². The maximum atomic E-state index is 13.5. The van der Waals surface area contributed by atoms with E-state index in [4.69, 9.17) is 9.47 Å². The van der Waals surface area contributed by atoms with Crippen LogP contribution in [0.25, 0.3) is 0 Å². The van der Waals surface area contributed by atoms with Gasteiger partial charge in [0.25, 0.3) is 5.91 Å². The second-order valence-corrected chi connectivity index (χ2v) is 8.21. The molecular formula is C26H35N3O4. The quantitative estimate of drug-likeness (QED) is 0.558. The third-order valence-electron chi connectivity index (χ3n) is 6.46. The molecule has 0 spiro atoms. The van der Waals surface area contributed by atoms with Crippen molar-refractivity contribution in [2.45, 2.75) is 32.2 Å². The summed E-state index contributed by atoms with van der Waals surface area (Å²) in [5, 5.41) is 3.12. The van der Waals surface area contributed by atoms with Gasteiger partial charge in [0.1, 0.15) is 0 Å². The van der Waals surface area contributed by atoms with E-state index in [9.17, 15) is 9.59 Å². The number of nitrogens with one attached hydrogen (secondary N) is 1. The number of carbonyl (C=O) groups is 2. The van der Waals surface area contributed by atoms with E-state index >= 15 is 0 Å². The predicted molar refractivity (Wildman–Crippen MR) is 129 cm³/mol. The summed E-state index contributed by atoms with van der Waals surface area (Å²) in [5.41, 5.74) is 2.14. The molecule has 0 aromatic heterocycles. The Morgan fingerprint density at radius 2 is 1.76 bits per heavy atom. The number of hydrogen-bond acceptors (Lipinski definition) is 5. The van der Waals surface area contributed by atoms with Gasteiger partial charge in [0.2, 0.25) is 5.91 Å². The number of carbonyl (C=O) groups excluding carboxylic acids is 2. The molecule has 0 bridgehead atoms. The Morgan fingerprint density at radius 3 is 2.42 bits per heavy atom. The number of likely N-dealkylation sites (N-methyl/N-ethyl adjacent to an activating group) is 1. The Hall–Kier alpha value is -3.06. The number of nitrogens with zero attached hydrogens (tertiary/aromatic N) is 2. The molecule has 2 amide bonds. The van der Waals surface area contributed by atoms with Crippen molar-refractivity contribution in [1.82, 2.24) is 15.1 Å². The van der Waals surface area contributed by atoms with Gasteiger partial charge >= 0.3 is 0 Å². The van der Waals surface area contributed by atoms with Gasteiger partial charge in [-0.3, -0.25) is 9.59 Å². The fourth-order valence-corrected chi connectivity index (χ4v) is 4.57. The highest BCUT2D eigenvalue weighted by molar-refractivity contribution is 6.01. The minimum absolute atomic E-state index is 0.0823. The number of benzene rings is 2. The Labute approximate surface area is 196 Å². The zero-order valence-corrected chi connectivity index (χ0v) is 20.3. The van der Waals surface area contributed by atoms with Gasteiger partial charge in [-0.05, 0) is 55.4 Å². The van der Waals surface area contributed by atoms with Gasteiger partial charge in [-0.1, -0.05) is 38.1 Å². The summed E-state index contributed by atoms with van der Waals surface area (Å²) in [6.07, 6.45) is 0.873. The summed E-state index contributed by atoms with van der Waals surface area (Å²) >= 11 is 0. The third-order valence-corrected chi connectivity index (χ3v) is 6.46. The Morgan fingerprint density at radius 1 is 1.06 bits per heavy atom. The van der Waals surface area contributed by atoms with Gasteiger partial charge < -0.3 is 24.6 Å². The molecule has 1 heterocycles. The molecular weight excluding hydrogens is 418 g/mol. The summed E-state index contributed by atoms with van der Waals surface area (Å²) < 4.78 is 10.9. The lowest BCUT2D eigenvalue weighted by Gasteiger charge is -2.40. The van der Waals surface area contributed by atoms with Gasteiger partial charge in [-0.2, -0.15) is 0 Å². The lowest BCUT2D eigenvalue weighted by atomic mass is 9.79. The minimum Gasteiger partial charge on any atom is -0.493 e. The molecule has 178 valence electrons. The third kappa shape index (κ3) is 5.14. The van der Waals surface area contributed by atoms with E-state index in [1.807, 2.05) is 36.4 Å². The van der Waals surface area contributed by atoms with Crippen LogP contribution in [0.1, 0.15) is 53.7 Å². The van der Waals surface area contributed by atoms with Gasteiger partial charge in [-0.15, -0.1) is 0 Å². The second-order valence-electron chi connectivity index (χ2n) is 8.21. The summed E-state index contributed by atoms with van der Waals surface area (Å²) in [7, 11) is 4.91. The number of methoxy groups -OCH3 is 2. The Kier molecular flexibility index (Phi) is 8.33. The van der Waals surface area contributed by atoms with E-state index in [1.165, 1.54) is 0 Å². The molecule has 1 aliphatic heterocycles. The SMILES string of the molecule is CCN(CC)CCCNC(=O)[C@@H]1c2ccccc2C(=O)N(C)[C@@H]1c1ccc(OC)c(OC)c1. The molecule has 7 nitrogen and oxygen atoms in total. The van der Waals surface area contributed by atoms with Crippen molar-refractivity contribution in [3.05, 3.63) is 59.2 Å². The first-order chi connectivity index (χ1) is 16.0. The zero-order chi connectivity index (χ0) is 24.0. The highest BCUT2D eigenvalue weighted by Gasteiger charge is 2.42. The van der Waals surface area contributed by atoms with Crippen LogP contribution in [0.3, 0.4) is 0 Å². The Bertz CT molecular complexity index is 974. The van der Waals surface area contributed by atoms with E-state index in [0.29, 0.717) is 23.6 Å². The largest absolute Gasteiger partial charge is 0.493 e. The highest BCUT2D eigenvalue weighted by Crippen LogP contribution is 2.43. The van der Waals surface area contributed by atoms with Crippen molar-refractivity contribution in [2.24, 2.45) is 0 Å². The molecule has 0 fully saturated rings. The van der Waals surface area contributed by atoms with Crippen LogP contribution in [0.5, 0.6) is 11.5 Å². The van der Waals surface area contributed by atoms with Crippen LogP contribution in [0.4, 0.5) is 0 Å². The van der Waals surface area contributed by atoms with Crippen molar-refractivity contribution in [3.63, 3.8) is 0 Å². The average Bonchev–Trinajstić information content (AvgIpc) is 2.85. The van der Waals surface area contributed by atoms with E-state index < -0.39 is 12.0 Å². The van der Waals surface area contributed by atoms with Crippen molar-refractivity contribution >= 4 is 11.8 Å². The minimum atomic E-state index is -0.532. The molecule has 0 saturated carbocycles. The number of hydrogen-bond donors (Lipinski definition) is 1. The summed E-state index contributed by atoms with van der Waals surface area (Å²) in [6, 6.07) is 12.5. The van der Waals surface area contributed by atoms with Crippen molar-refractivity contribution in [3.8, 4) is 11.5 Å². The number of ether oxygens (including phenoxy) is 2. The van der Waals surface area contributed by atoms with Crippen LogP contribution in [-0.4, -0.2) is 69.1 Å². The molecule has 33 heavy (non-hydrogen) atoms. The predicted octanol–water partition coefficient (Wildman–Crippen LogP) is 3.46. The van der Waals surface area contributed by atoms with Crippen molar-refractivity contribution < 1.29 is 19.1 Å². The van der Waals surface area contributed by atoms with Gasteiger partial charge in [-0.25, -0.2) is 0 Å². The normalized spacial score (nSPS) is 17.6. The van der Waals surface area contributed by atoms with Crippen LogP contribution in [0.2, 0.25) is 0 Å². The lowest BCUT2D eigenvalue weighted by Crippen LogP contribution is -2.46. The topological polar surface area (TPSA) is 71.1 Å². The maximum absolute atomic E-state index is 13.5. The molecule has 2 aromatic rings. The van der Waals surface area contributed by atoms with Gasteiger partial charge in [0.15, 0.2) is 11.5 Å². The number of fused-ring (bicyclic) bond motifs is 1. The molecule has 3 rings (SSSR count). The molecule has 0 aliphatic carbocycles. The van der Waals surface area contributed by atoms with E-state index in [2.05, 4.69) is 24.1 Å². The van der Waals surface area contributed by atoms with Crippen LogP contribution in [0, 0.1) is 0 Å². The smallest absolute Gasteiger partial charge is 0.254 e. The molecule has 0 unspecified atom stereocenters. The Balaban J connectivity index is 1.93. The molecule has 1 N–H and O–H groups in total. The molecule has 0 radical (unpaired) electrons. The van der Waals surface area contributed by atoms with Crippen LogP contribution in [-0.2, 0) is 4.79 Å². The first kappa shape index (κ1) is 24.6. The average molecular weight is 454 g/mol. The fraction of sp³-hybridized carbons (Fsp3) is 0.462. The van der Waals surface area contributed by atoms with Crippen molar-refractivity contribution in [2.75, 3.05) is 47.4 Å². The van der Waals surface area contributed by atoms with E-state index in [0.717, 1.165) is 37.2 Å². The maximum Gasteiger partial charge on any atom is 0.254 e. The standard InChI is InChI=1S/C26H35N3O4/c1-6-29(7-2)16-10-15-27-25(30)23-19-11-8-9-12-20(19)26(31)28(3)24(23)18-13-14-21(32-4)22(17-18)33-5/h8-9,11-14,17,23-24H,6-7,10,15-16H2,1-5H3,(H,27,30)/t23-,24-/m1/s1. The first-order valence-corrected chi connectivity index (χ1v) is 11.5. The molecule has 1 aliphatic rings. The number of amides is 2. The van der Waals surface area contributed by atoms with Crippen LogP contribution >= 0.6 is 0 Å². The van der Waals surface area contributed by atoms with Gasteiger partial charge in [0.05, 0.1) is 26.2 Å². The number of rotatable bonds is 10. The fourth-order valence-electron chi connectivity index (χ4n) is 4.57. The lowest BCUT2D eigenvalue weighted by molar-refractivity contribution is -0.124. The monoisotopic (exact) mass is 453 g/mol. The highest BCUT2D eigenvalue weighted by atomic mass is 16.5. The second kappa shape index (κ2) is 11.2. The molecule has 2 aromatic carbocycles. The van der Waals surface area contributed by atoms with Gasteiger partial charge in [0, 0.05) is 19.2 Å². The van der Waals surface area contributed by atoms with Crippen LogP contribution < -0.4 is 14.8 Å². The summed E-state index contributed by atoms with van der Waals surface area (Å²) in [6.45, 7) is 7.79. The first-order valence-electron chi connectivity index (χ1n) is 11.5. The zero-order valence-electron chi connectivity index (χ0n) is 20.3. The molecule has 0 saturated heterocycles. The summed E-state index contributed by atoms with van der Waals surface area (Å²) in [4.78, 5) is 30.7. The van der Waals surface area contributed by atoms with Crippen LogP contribution in [0.15, 0.2) is 42.5 Å². The molecule has 7 heteroatoms. The summed E-state index contributed by atoms with van der Waals surface area (Å²) in [5.74, 6) is 0.449.